The number of aliphatic hydroxyl groups excluding tert-OH is 1. The highest BCUT2D eigenvalue weighted by molar-refractivity contribution is 5.82. The number of hydrogen-bond acceptors (Lipinski definition) is 3. The molecule has 4 rings (SSSR count). The highest BCUT2D eigenvalue weighted by Gasteiger charge is 2.80. The van der Waals surface area contributed by atoms with Crippen LogP contribution in [0.5, 0.6) is 0 Å². The van der Waals surface area contributed by atoms with Gasteiger partial charge in [0, 0.05) is 5.92 Å². The van der Waals surface area contributed by atoms with Gasteiger partial charge in [0.1, 0.15) is 0 Å². The van der Waals surface area contributed by atoms with Crippen molar-refractivity contribution >= 4 is 5.97 Å². The minimum absolute atomic E-state index is 0.0825. The van der Waals surface area contributed by atoms with Gasteiger partial charge in [-0.05, 0) is 30.6 Å². The van der Waals surface area contributed by atoms with Crippen LogP contribution < -0.4 is 0 Å². The van der Waals surface area contributed by atoms with Crippen LogP contribution in [0.2, 0.25) is 0 Å². The predicted molar refractivity (Wildman–Crippen MR) is 49.3 cm³/mol. The van der Waals surface area contributed by atoms with Crippen LogP contribution >= 0.6 is 0 Å². The Bertz CT molecular complexity index is 301. The number of rotatable bonds is 1. The second-order valence-corrected chi connectivity index (χ2v) is 5.24. The van der Waals surface area contributed by atoms with Gasteiger partial charge < -0.3 is 9.84 Å². The molecule has 0 spiro atoms. The van der Waals surface area contributed by atoms with Crippen LogP contribution in [0.15, 0.2) is 0 Å². The Balaban J connectivity index is 1.93. The van der Waals surface area contributed by atoms with E-state index in [1.165, 1.54) is 7.11 Å². The summed E-state index contributed by atoms with van der Waals surface area (Å²) in [5.74, 6) is 1.46. The summed E-state index contributed by atoms with van der Waals surface area (Å²) in [5, 5.41) is 10.0. The molecule has 4 aliphatic rings. The molecule has 0 heterocycles. The Labute approximate surface area is 83.4 Å². The molecule has 4 fully saturated rings. The molecule has 6 atom stereocenters. The summed E-state index contributed by atoms with van der Waals surface area (Å²) in [7, 11) is 1.45. The fourth-order valence-electron chi connectivity index (χ4n) is 4.19. The zero-order valence-corrected chi connectivity index (χ0v) is 8.56. The van der Waals surface area contributed by atoms with Crippen molar-refractivity contribution in [1.82, 2.24) is 0 Å². The predicted octanol–water partition coefficient (Wildman–Crippen LogP) is 0.812. The first-order chi connectivity index (χ1) is 6.63. The molecule has 6 unspecified atom stereocenters. The molecule has 0 radical (unpaired) electrons. The number of aliphatic hydroxyl groups is 1. The van der Waals surface area contributed by atoms with E-state index in [0.717, 1.165) is 12.8 Å². The molecule has 0 aromatic carbocycles. The summed E-state index contributed by atoms with van der Waals surface area (Å²) in [4.78, 5) is 11.7. The van der Waals surface area contributed by atoms with Gasteiger partial charge in [-0.1, -0.05) is 6.92 Å². The molecule has 0 aromatic rings. The Morgan fingerprint density at radius 1 is 1.57 bits per heavy atom. The molecular weight excluding hydrogens is 180 g/mol. The van der Waals surface area contributed by atoms with E-state index in [1.807, 2.05) is 0 Å². The molecule has 3 nitrogen and oxygen atoms in total. The minimum Gasteiger partial charge on any atom is -0.469 e. The molecule has 0 amide bonds. The number of fused-ring (bicyclic) bond motifs is 1. The van der Waals surface area contributed by atoms with E-state index in [4.69, 9.17) is 4.74 Å². The number of esters is 1. The van der Waals surface area contributed by atoms with E-state index in [9.17, 15) is 9.90 Å². The van der Waals surface area contributed by atoms with E-state index >= 15 is 0 Å². The molecule has 1 N–H and O–H groups in total. The summed E-state index contributed by atoms with van der Waals surface area (Å²) in [6.07, 6.45) is 1.71. The Morgan fingerprint density at radius 3 is 2.79 bits per heavy atom. The lowest BCUT2D eigenvalue weighted by molar-refractivity contribution is -0.149. The number of carbonyl (C=O) groups is 1. The average Bonchev–Trinajstić information content (AvgIpc) is 2.73. The number of hydrogen-bond donors (Lipinski definition) is 1. The van der Waals surface area contributed by atoms with Crippen LogP contribution in [-0.4, -0.2) is 24.3 Å². The lowest BCUT2D eigenvalue weighted by Crippen LogP contribution is -2.34. The maximum atomic E-state index is 11.7. The van der Waals surface area contributed by atoms with Gasteiger partial charge in [0.25, 0.3) is 0 Å². The third kappa shape index (κ3) is 0.691. The topological polar surface area (TPSA) is 46.5 Å². The van der Waals surface area contributed by atoms with Crippen molar-refractivity contribution in [2.75, 3.05) is 7.11 Å². The van der Waals surface area contributed by atoms with Crippen molar-refractivity contribution in [3.63, 3.8) is 0 Å². The standard InChI is InChI=1S/C11H16O3/c1-5-3-7-8-9(12)6(5)4-11(7,8)10(13)14-2/h5-9,12H,3-4H2,1-2H3. The molecule has 14 heavy (non-hydrogen) atoms. The maximum absolute atomic E-state index is 11.7. The second-order valence-electron chi connectivity index (χ2n) is 5.24. The quantitative estimate of drug-likeness (QED) is 0.631. The largest absolute Gasteiger partial charge is 0.469 e. The molecule has 4 saturated carbocycles. The molecule has 3 heteroatoms. The third-order valence-corrected chi connectivity index (χ3v) is 4.88. The molecule has 0 saturated heterocycles. The normalized spacial score (nSPS) is 58.4. The first kappa shape index (κ1) is 8.72. The Morgan fingerprint density at radius 2 is 2.29 bits per heavy atom. The van der Waals surface area contributed by atoms with E-state index in [1.54, 1.807) is 0 Å². The number of carbonyl (C=O) groups excluding carboxylic acids is 1. The third-order valence-electron chi connectivity index (χ3n) is 4.88. The maximum Gasteiger partial charge on any atom is 0.312 e. The smallest absolute Gasteiger partial charge is 0.312 e. The highest BCUT2D eigenvalue weighted by Crippen LogP contribution is 2.76. The van der Waals surface area contributed by atoms with E-state index < -0.39 is 0 Å². The first-order valence-electron chi connectivity index (χ1n) is 5.39. The fourth-order valence-corrected chi connectivity index (χ4v) is 4.19. The van der Waals surface area contributed by atoms with E-state index in [-0.39, 0.29) is 23.4 Å². The van der Waals surface area contributed by atoms with Crippen molar-refractivity contribution in [2.45, 2.75) is 25.9 Å². The van der Waals surface area contributed by atoms with Gasteiger partial charge in [0.2, 0.25) is 0 Å². The van der Waals surface area contributed by atoms with Crippen molar-refractivity contribution in [3.8, 4) is 0 Å². The van der Waals surface area contributed by atoms with Gasteiger partial charge in [-0.3, -0.25) is 4.79 Å². The average molecular weight is 196 g/mol. The molecule has 4 aliphatic carbocycles. The second kappa shape index (κ2) is 2.32. The minimum atomic E-state index is -0.272. The highest BCUT2D eigenvalue weighted by atomic mass is 16.5. The first-order valence-corrected chi connectivity index (χ1v) is 5.39. The van der Waals surface area contributed by atoms with Gasteiger partial charge in [-0.2, -0.15) is 0 Å². The monoisotopic (exact) mass is 196 g/mol. The molecule has 4 bridgehead atoms. The zero-order chi connectivity index (χ0) is 10.1. The summed E-state index contributed by atoms with van der Waals surface area (Å²) >= 11 is 0. The van der Waals surface area contributed by atoms with Crippen LogP contribution in [-0.2, 0) is 9.53 Å². The van der Waals surface area contributed by atoms with Crippen molar-refractivity contribution in [2.24, 2.45) is 29.1 Å². The lowest BCUT2D eigenvalue weighted by Gasteiger charge is -2.33. The van der Waals surface area contributed by atoms with Gasteiger partial charge in [-0.25, -0.2) is 0 Å². The van der Waals surface area contributed by atoms with Gasteiger partial charge in [0.15, 0.2) is 0 Å². The van der Waals surface area contributed by atoms with Crippen molar-refractivity contribution in [1.29, 1.82) is 0 Å². The summed E-state index contributed by atoms with van der Waals surface area (Å²) < 4.78 is 4.86. The lowest BCUT2D eigenvalue weighted by atomic mass is 9.73. The van der Waals surface area contributed by atoms with Crippen LogP contribution in [0.4, 0.5) is 0 Å². The van der Waals surface area contributed by atoms with Crippen molar-refractivity contribution < 1.29 is 14.6 Å². The fraction of sp³-hybridized carbons (Fsp3) is 0.909. The van der Waals surface area contributed by atoms with Crippen LogP contribution in [0.1, 0.15) is 19.8 Å². The summed E-state index contributed by atoms with van der Waals surface area (Å²) in [6, 6.07) is 0. The molecular formula is C11H16O3. The van der Waals surface area contributed by atoms with Gasteiger partial charge in [-0.15, -0.1) is 0 Å². The van der Waals surface area contributed by atoms with Crippen molar-refractivity contribution in [3.05, 3.63) is 0 Å². The van der Waals surface area contributed by atoms with Gasteiger partial charge in [0.05, 0.1) is 18.6 Å². The Hall–Kier alpha value is -0.570. The van der Waals surface area contributed by atoms with Crippen LogP contribution in [0.3, 0.4) is 0 Å². The van der Waals surface area contributed by atoms with Gasteiger partial charge >= 0.3 is 5.97 Å². The van der Waals surface area contributed by atoms with E-state index in [2.05, 4.69) is 6.92 Å². The molecule has 0 aromatic heterocycles. The Kier molecular flexibility index (Phi) is 1.45. The van der Waals surface area contributed by atoms with Crippen LogP contribution in [0, 0.1) is 29.1 Å². The zero-order valence-electron chi connectivity index (χ0n) is 8.56. The number of methoxy groups -OCH3 is 1. The number of ether oxygens (including phenoxy) is 1. The van der Waals surface area contributed by atoms with Crippen LogP contribution in [0.25, 0.3) is 0 Å². The molecule has 78 valence electrons. The molecule has 0 aliphatic heterocycles. The van der Waals surface area contributed by atoms with E-state index in [0.29, 0.717) is 17.8 Å². The SMILES string of the molecule is COC(=O)C12CC3C(C)CC1C2C3O. The summed E-state index contributed by atoms with van der Waals surface area (Å²) in [5.41, 5.74) is -0.272. The summed E-state index contributed by atoms with van der Waals surface area (Å²) in [6.45, 7) is 2.18.